The van der Waals surface area contributed by atoms with Crippen LogP contribution in [0.15, 0.2) is 170 Å². The zero-order valence-electron chi connectivity index (χ0n) is 42.9. The Hall–Kier alpha value is -7.26. The van der Waals surface area contributed by atoms with E-state index in [1.54, 1.807) is 0 Å². The molecule has 2 aliphatic heterocycles. The third-order valence-electron chi connectivity index (χ3n) is 15.9. The molecule has 0 saturated heterocycles. The Morgan fingerprint density at radius 3 is 1.30 bits per heavy atom. The fourth-order valence-electron chi connectivity index (χ4n) is 11.6. The molecular weight excluding hydrogens is 917 g/mol. The van der Waals surface area contributed by atoms with Gasteiger partial charge in [-0.1, -0.05) is 146 Å². The first kappa shape index (κ1) is 49.0. The average molecular weight is 983 g/mol. The van der Waals surface area contributed by atoms with E-state index in [-0.39, 0.29) is 48.1 Å². The van der Waals surface area contributed by atoms with Crippen LogP contribution in [-0.2, 0) is 9.47 Å². The third kappa shape index (κ3) is 10.4. The topological polar surface area (TPSA) is 95.1 Å². The van der Waals surface area contributed by atoms with E-state index in [1.165, 1.54) is 58.0 Å². The zero-order valence-corrected chi connectivity index (χ0v) is 42.9. The smallest absolute Gasteiger partial charge is 0.338 e. The summed E-state index contributed by atoms with van der Waals surface area (Å²) in [4.78, 5) is 25.3. The maximum absolute atomic E-state index is 12.7. The molecule has 0 amide bonds. The highest BCUT2D eigenvalue weighted by Gasteiger charge is 2.35. The van der Waals surface area contributed by atoms with E-state index < -0.39 is 0 Å². The molecule has 2 aliphatic carbocycles. The summed E-state index contributed by atoms with van der Waals surface area (Å²) < 4.78 is 23.3. The molecule has 8 aromatic rings. The molecule has 0 spiro atoms. The second-order valence-electron chi connectivity index (χ2n) is 20.8. The molecule has 4 aliphatic rings. The molecular formula is C66H66N2O6. The monoisotopic (exact) mass is 982 g/mol. The molecule has 8 nitrogen and oxygen atoms in total. The van der Waals surface area contributed by atoms with Crippen molar-refractivity contribution in [2.45, 2.75) is 100 Å². The van der Waals surface area contributed by atoms with Gasteiger partial charge in [-0.05, 0) is 143 Å². The summed E-state index contributed by atoms with van der Waals surface area (Å²) in [6, 6.07) is 59.9. The van der Waals surface area contributed by atoms with Gasteiger partial charge in [0.05, 0.1) is 25.3 Å². The first-order chi connectivity index (χ1) is 36.2. The number of ether oxygens (including phenoxy) is 4. The molecule has 0 unspecified atom stereocenters. The van der Waals surface area contributed by atoms with E-state index in [1.807, 2.05) is 12.1 Å². The molecule has 0 bridgehead atoms. The fraction of sp³-hybridized carbons (Fsp3) is 0.303. The number of hydrogen-bond acceptors (Lipinski definition) is 8. The van der Waals surface area contributed by atoms with Crippen molar-refractivity contribution in [1.82, 2.24) is 10.6 Å². The number of nitrogens with one attached hydrogen (secondary N) is 2. The predicted octanol–water partition coefficient (Wildman–Crippen LogP) is 14.3. The Labute approximate surface area is 435 Å². The van der Waals surface area contributed by atoms with Crippen LogP contribution in [0.25, 0.3) is 21.5 Å². The Kier molecular flexibility index (Phi) is 14.3. The average Bonchev–Trinajstić information content (AvgIpc) is 4.41. The van der Waals surface area contributed by atoms with Crippen LogP contribution in [0.3, 0.4) is 0 Å². The molecule has 0 radical (unpaired) electrons. The molecule has 2 fully saturated rings. The quantitative estimate of drug-likeness (QED) is 0.104. The molecule has 12 rings (SSSR count). The summed E-state index contributed by atoms with van der Waals surface area (Å²) in [6.07, 6.45) is 6.30. The first-order valence-corrected chi connectivity index (χ1v) is 26.6. The van der Waals surface area contributed by atoms with Crippen molar-refractivity contribution in [3.8, 4) is 11.5 Å². The minimum absolute atomic E-state index is 0.0158. The highest BCUT2D eigenvalue weighted by atomic mass is 16.5. The van der Waals surface area contributed by atoms with Crippen LogP contribution in [0, 0.1) is 0 Å². The number of methoxy groups -OCH3 is 2. The molecule has 0 aromatic heterocycles. The Morgan fingerprint density at radius 2 is 0.878 bits per heavy atom. The van der Waals surface area contributed by atoms with Gasteiger partial charge in [0, 0.05) is 48.1 Å². The predicted molar refractivity (Wildman–Crippen MR) is 295 cm³/mol. The lowest BCUT2D eigenvalue weighted by Crippen LogP contribution is -2.37. The minimum Gasteiger partial charge on any atom is -0.489 e. The summed E-state index contributed by atoms with van der Waals surface area (Å²) in [6.45, 7) is 5.91. The van der Waals surface area contributed by atoms with Crippen LogP contribution < -0.4 is 20.1 Å². The van der Waals surface area contributed by atoms with E-state index in [9.17, 15) is 9.59 Å². The molecule has 6 atom stereocenters. The number of benzene rings is 8. The number of carbonyl (C=O) groups excluding carboxylic acids is 2. The van der Waals surface area contributed by atoms with Gasteiger partial charge in [-0.15, -0.1) is 0 Å². The van der Waals surface area contributed by atoms with Crippen molar-refractivity contribution in [3.63, 3.8) is 0 Å². The second kappa shape index (κ2) is 21.7. The van der Waals surface area contributed by atoms with Crippen molar-refractivity contribution >= 4 is 33.5 Å². The number of esters is 2. The highest BCUT2D eigenvalue weighted by molar-refractivity contribution is 5.92. The molecule has 8 aromatic carbocycles. The van der Waals surface area contributed by atoms with Gasteiger partial charge in [0.1, 0.15) is 23.7 Å². The number of para-hydroxylation sites is 2. The standard InChI is InChI=1S/2C33H33NO3/c2*1-21(26-12-7-9-22-8-3-4-10-27(22)26)34-20-25-19-30(29-11-5-6-13-32(29)37-25)24-16-17-28(23-14-15-23)31(18-24)33(35)36-2/h2*3-13,16-18,21,23,25,30,34H,14-15,19-20H2,1-2H3/t21-,25-,30+;21-,25-,30-/m11/s1. The molecule has 376 valence electrons. The van der Waals surface area contributed by atoms with E-state index in [4.69, 9.17) is 18.9 Å². The Balaban J connectivity index is 0.000000159. The normalized spacial score (nSPS) is 19.6. The molecule has 8 heteroatoms. The second-order valence-corrected chi connectivity index (χ2v) is 20.8. The Bertz CT molecular complexity index is 3090. The van der Waals surface area contributed by atoms with E-state index >= 15 is 0 Å². The van der Waals surface area contributed by atoms with Crippen molar-refractivity contribution in [3.05, 3.63) is 225 Å². The molecule has 2 N–H and O–H groups in total. The van der Waals surface area contributed by atoms with E-state index in [2.05, 4.69) is 182 Å². The van der Waals surface area contributed by atoms with E-state index in [0.717, 1.165) is 85.4 Å². The summed E-state index contributed by atoms with van der Waals surface area (Å²) in [5.41, 5.74) is 10.9. The van der Waals surface area contributed by atoms with E-state index in [0.29, 0.717) is 23.0 Å². The summed E-state index contributed by atoms with van der Waals surface area (Å²) in [5.74, 6) is 2.64. The summed E-state index contributed by atoms with van der Waals surface area (Å²) >= 11 is 0. The third-order valence-corrected chi connectivity index (χ3v) is 15.9. The van der Waals surface area contributed by atoms with Crippen LogP contribution in [0.4, 0.5) is 0 Å². The van der Waals surface area contributed by atoms with Gasteiger partial charge in [0.2, 0.25) is 0 Å². The maximum Gasteiger partial charge on any atom is 0.338 e. The van der Waals surface area contributed by atoms with Crippen LogP contribution in [0.1, 0.15) is 153 Å². The number of carbonyl (C=O) groups is 2. The largest absolute Gasteiger partial charge is 0.489 e. The van der Waals surface area contributed by atoms with Crippen LogP contribution in [0.5, 0.6) is 11.5 Å². The Morgan fingerprint density at radius 1 is 0.486 bits per heavy atom. The van der Waals surface area contributed by atoms with Gasteiger partial charge in [-0.2, -0.15) is 0 Å². The summed E-state index contributed by atoms with van der Waals surface area (Å²) in [7, 11) is 2.93. The van der Waals surface area contributed by atoms with Gasteiger partial charge in [-0.3, -0.25) is 0 Å². The van der Waals surface area contributed by atoms with Crippen molar-refractivity contribution < 1.29 is 28.5 Å². The lowest BCUT2D eigenvalue weighted by Gasteiger charge is -2.33. The molecule has 2 saturated carbocycles. The zero-order chi connectivity index (χ0) is 50.7. The van der Waals surface area contributed by atoms with Crippen LogP contribution in [0.2, 0.25) is 0 Å². The number of fused-ring (bicyclic) bond motifs is 4. The number of rotatable bonds is 14. The van der Waals surface area contributed by atoms with Crippen molar-refractivity contribution in [2.24, 2.45) is 0 Å². The number of hydrogen-bond donors (Lipinski definition) is 2. The van der Waals surface area contributed by atoms with Gasteiger partial charge in [0.15, 0.2) is 0 Å². The van der Waals surface area contributed by atoms with Crippen molar-refractivity contribution in [2.75, 3.05) is 27.3 Å². The SMILES string of the molecule is COC(=O)c1cc([C@@H]2C[C@H](CN[C@H](C)c3cccc4ccccc34)Oc3ccccc32)ccc1C1CC1.COC(=O)c1cc([C@H]2C[C@H](CN[C@H](C)c3cccc4ccccc34)Oc3ccccc32)ccc1C1CC1. The van der Waals surface area contributed by atoms with Crippen molar-refractivity contribution in [1.29, 1.82) is 0 Å². The fourth-order valence-corrected chi connectivity index (χ4v) is 11.6. The molecule has 74 heavy (non-hydrogen) atoms. The lowest BCUT2D eigenvalue weighted by molar-refractivity contribution is 0.0590. The van der Waals surface area contributed by atoms with Gasteiger partial charge in [0.25, 0.3) is 0 Å². The van der Waals surface area contributed by atoms with Gasteiger partial charge < -0.3 is 29.6 Å². The lowest BCUT2D eigenvalue weighted by atomic mass is 9.82. The van der Waals surface area contributed by atoms with Gasteiger partial charge >= 0.3 is 11.9 Å². The first-order valence-electron chi connectivity index (χ1n) is 26.6. The van der Waals surface area contributed by atoms with Crippen LogP contribution >= 0.6 is 0 Å². The minimum atomic E-state index is -0.244. The molecule has 2 heterocycles. The van der Waals surface area contributed by atoms with Crippen LogP contribution in [-0.4, -0.2) is 51.5 Å². The summed E-state index contributed by atoms with van der Waals surface area (Å²) in [5, 5.41) is 12.5. The highest BCUT2D eigenvalue weighted by Crippen LogP contribution is 2.47. The maximum atomic E-state index is 12.7. The van der Waals surface area contributed by atoms with Gasteiger partial charge in [-0.25, -0.2) is 9.59 Å².